The van der Waals surface area contributed by atoms with Crippen LogP contribution in [0.5, 0.6) is 0 Å². The molecule has 1 aromatic heterocycles. The highest BCUT2D eigenvalue weighted by Crippen LogP contribution is 2.57. The van der Waals surface area contributed by atoms with Crippen molar-refractivity contribution in [1.82, 2.24) is 29.7 Å². The molecule has 11 nitrogen and oxygen atoms in total. The molecule has 0 radical (unpaired) electrons. The summed E-state index contributed by atoms with van der Waals surface area (Å²) in [6.45, 7) is 3.51. The van der Waals surface area contributed by atoms with Crippen LogP contribution in [0, 0.1) is 11.8 Å². The fraction of sp³-hybridized carbons (Fsp3) is 0.441. The second-order valence-corrected chi connectivity index (χ2v) is 12.6. The number of aliphatic hydroxyl groups is 1. The Bertz CT molecular complexity index is 1670. The van der Waals surface area contributed by atoms with Gasteiger partial charge in [0, 0.05) is 32.8 Å². The molecule has 234 valence electrons. The SMILES string of the molecule is C[C@@]12C=CCN(Cc3ccccc3)C(=O)[C@@H]1[C@H]1C(=O)N(CCCCCO)C3C(=O)N(Cn4nnc5ccccc54)CC=C[C@@]31O2. The number of likely N-dealkylation sites (tertiary alicyclic amines) is 1. The van der Waals surface area contributed by atoms with E-state index >= 15 is 0 Å². The maximum atomic E-state index is 14.6. The first-order valence-electron chi connectivity index (χ1n) is 15.7. The number of hydrogen-bond donors (Lipinski definition) is 1. The van der Waals surface area contributed by atoms with Gasteiger partial charge in [0.15, 0.2) is 0 Å². The van der Waals surface area contributed by atoms with E-state index in [4.69, 9.17) is 4.74 Å². The zero-order valence-electron chi connectivity index (χ0n) is 25.4. The lowest BCUT2D eigenvalue weighted by Crippen LogP contribution is -2.56. The van der Waals surface area contributed by atoms with Crippen molar-refractivity contribution < 1.29 is 24.2 Å². The molecule has 1 spiro atoms. The largest absolute Gasteiger partial charge is 0.396 e. The number of ether oxygens (including phenoxy) is 1. The molecular weight excluding hydrogens is 572 g/mol. The maximum absolute atomic E-state index is 14.6. The summed E-state index contributed by atoms with van der Waals surface area (Å²) < 4.78 is 8.63. The van der Waals surface area contributed by atoms with Crippen LogP contribution in [0.15, 0.2) is 78.9 Å². The van der Waals surface area contributed by atoms with Crippen LogP contribution in [0.1, 0.15) is 31.7 Å². The Labute approximate surface area is 261 Å². The Morgan fingerprint density at radius 1 is 0.867 bits per heavy atom. The number of fused-ring (bicyclic) bond motifs is 3. The fourth-order valence-corrected chi connectivity index (χ4v) is 7.69. The summed E-state index contributed by atoms with van der Waals surface area (Å²) in [6.07, 6.45) is 9.53. The normalized spacial score (nSPS) is 29.2. The van der Waals surface area contributed by atoms with Gasteiger partial charge in [-0.25, -0.2) is 4.68 Å². The van der Waals surface area contributed by atoms with Crippen molar-refractivity contribution in [3.05, 3.63) is 84.5 Å². The molecule has 4 aliphatic heterocycles. The van der Waals surface area contributed by atoms with E-state index in [1.54, 1.807) is 19.4 Å². The van der Waals surface area contributed by atoms with Crippen molar-refractivity contribution in [3.63, 3.8) is 0 Å². The smallest absolute Gasteiger partial charge is 0.250 e. The molecule has 5 heterocycles. The van der Waals surface area contributed by atoms with Crippen LogP contribution in [0.25, 0.3) is 11.0 Å². The topological polar surface area (TPSA) is 121 Å². The molecule has 45 heavy (non-hydrogen) atoms. The monoisotopic (exact) mass is 610 g/mol. The quantitative estimate of drug-likeness (QED) is 0.292. The Hall–Kier alpha value is -4.35. The summed E-state index contributed by atoms with van der Waals surface area (Å²) in [5, 5.41) is 17.9. The van der Waals surface area contributed by atoms with Crippen LogP contribution in [-0.4, -0.2) is 96.0 Å². The van der Waals surface area contributed by atoms with Crippen LogP contribution in [-0.2, 0) is 32.3 Å². The lowest BCUT2D eigenvalue weighted by atomic mass is 9.74. The lowest BCUT2D eigenvalue weighted by Gasteiger charge is -2.37. The average Bonchev–Trinajstić information content (AvgIpc) is 3.57. The molecule has 2 aromatic carbocycles. The number of aromatic nitrogens is 3. The highest BCUT2D eigenvalue weighted by Gasteiger charge is 2.74. The minimum absolute atomic E-state index is 0.0624. The van der Waals surface area contributed by atoms with E-state index in [-0.39, 0.29) is 31.0 Å². The minimum atomic E-state index is -1.32. The van der Waals surface area contributed by atoms with E-state index in [1.807, 2.05) is 85.8 Å². The van der Waals surface area contributed by atoms with Gasteiger partial charge in [-0.1, -0.05) is 72.0 Å². The number of aliphatic hydroxyl groups excluding tert-OH is 1. The van der Waals surface area contributed by atoms with Gasteiger partial charge in [-0.2, -0.15) is 0 Å². The molecule has 2 saturated heterocycles. The molecule has 7 rings (SSSR count). The van der Waals surface area contributed by atoms with Crippen molar-refractivity contribution in [2.24, 2.45) is 11.8 Å². The number of hydrogen-bond acceptors (Lipinski definition) is 7. The van der Waals surface area contributed by atoms with Gasteiger partial charge in [0.2, 0.25) is 11.8 Å². The molecule has 0 bridgehead atoms. The number of para-hydroxylation sites is 1. The molecule has 0 saturated carbocycles. The fourth-order valence-electron chi connectivity index (χ4n) is 7.69. The standard InChI is InChI=1S/C34H38N6O5/c1-33-16-10-18-37(22-24-12-4-2-5-13-24)30(42)27(33)28-31(43)39(20-8-3-9-21-41)29-32(44)38(19-11-17-34(28,29)45-33)23-40-26-15-7-6-14-25(26)35-36-40/h2,4-7,10-17,27-29,41H,3,8-9,18-23H2,1H3/t27-,28-,29?,33+,34-/m0/s1. The zero-order chi connectivity index (χ0) is 31.2. The van der Waals surface area contributed by atoms with Crippen LogP contribution >= 0.6 is 0 Å². The summed E-state index contributed by atoms with van der Waals surface area (Å²) in [5.74, 6) is -2.33. The number of nitrogens with zero attached hydrogens (tertiary/aromatic N) is 6. The molecule has 0 aliphatic carbocycles. The van der Waals surface area contributed by atoms with E-state index < -0.39 is 29.1 Å². The second-order valence-electron chi connectivity index (χ2n) is 12.6. The Morgan fingerprint density at radius 3 is 2.44 bits per heavy atom. The number of unbranched alkanes of at least 4 members (excludes halogenated alkanes) is 2. The minimum Gasteiger partial charge on any atom is -0.396 e. The molecule has 1 N–H and O–H groups in total. The Kier molecular flexibility index (Phi) is 7.53. The maximum Gasteiger partial charge on any atom is 0.250 e. The lowest BCUT2D eigenvalue weighted by molar-refractivity contribution is -0.153. The molecule has 3 amide bonds. The predicted octanol–water partition coefficient (Wildman–Crippen LogP) is 2.52. The van der Waals surface area contributed by atoms with Crippen molar-refractivity contribution in [3.8, 4) is 0 Å². The van der Waals surface area contributed by atoms with E-state index in [1.165, 1.54) is 0 Å². The van der Waals surface area contributed by atoms with E-state index in [2.05, 4.69) is 10.3 Å². The third-order valence-electron chi connectivity index (χ3n) is 9.72. The second kappa shape index (κ2) is 11.5. The van der Waals surface area contributed by atoms with Crippen molar-refractivity contribution >= 4 is 28.8 Å². The van der Waals surface area contributed by atoms with E-state index in [9.17, 15) is 19.5 Å². The number of carbonyl (C=O) groups excluding carboxylic acids is 3. The molecule has 11 heteroatoms. The average molecular weight is 611 g/mol. The van der Waals surface area contributed by atoms with Gasteiger partial charge in [0.25, 0.3) is 5.91 Å². The summed E-state index contributed by atoms with van der Waals surface area (Å²) in [5.41, 5.74) is 0.130. The summed E-state index contributed by atoms with van der Waals surface area (Å²) >= 11 is 0. The third kappa shape index (κ3) is 4.85. The first-order chi connectivity index (χ1) is 21.9. The number of carbonyl (C=O) groups is 3. The van der Waals surface area contributed by atoms with Gasteiger partial charge in [-0.15, -0.1) is 5.10 Å². The van der Waals surface area contributed by atoms with Gasteiger partial charge in [0.1, 0.15) is 23.8 Å². The van der Waals surface area contributed by atoms with Gasteiger partial charge in [-0.05, 0) is 43.9 Å². The summed E-state index contributed by atoms with van der Waals surface area (Å²) in [4.78, 5) is 48.7. The summed E-state index contributed by atoms with van der Waals surface area (Å²) in [6, 6.07) is 16.4. The van der Waals surface area contributed by atoms with Crippen molar-refractivity contribution in [1.29, 1.82) is 0 Å². The highest BCUT2D eigenvalue weighted by atomic mass is 16.5. The van der Waals surface area contributed by atoms with Gasteiger partial charge >= 0.3 is 0 Å². The zero-order valence-corrected chi connectivity index (χ0v) is 25.4. The number of amides is 3. The first kappa shape index (κ1) is 29.4. The van der Waals surface area contributed by atoms with Gasteiger partial charge < -0.3 is 24.5 Å². The molecule has 5 atom stereocenters. The van der Waals surface area contributed by atoms with E-state index in [0.29, 0.717) is 45.4 Å². The molecule has 2 fully saturated rings. The number of benzene rings is 2. The van der Waals surface area contributed by atoms with E-state index in [0.717, 1.165) is 16.6 Å². The first-order valence-corrected chi connectivity index (χ1v) is 15.7. The third-order valence-corrected chi connectivity index (χ3v) is 9.72. The summed E-state index contributed by atoms with van der Waals surface area (Å²) in [7, 11) is 0. The van der Waals surface area contributed by atoms with Crippen LogP contribution < -0.4 is 0 Å². The highest BCUT2D eigenvalue weighted by molar-refractivity contribution is 6.00. The van der Waals surface area contributed by atoms with Gasteiger partial charge in [-0.3, -0.25) is 14.4 Å². The molecule has 4 aliphatic rings. The van der Waals surface area contributed by atoms with Gasteiger partial charge in [0.05, 0.1) is 23.0 Å². The Morgan fingerprint density at radius 2 is 1.62 bits per heavy atom. The molecule has 3 aromatic rings. The molecule has 1 unspecified atom stereocenters. The molecular formula is C34H38N6O5. The van der Waals surface area contributed by atoms with Crippen LogP contribution in [0.4, 0.5) is 0 Å². The van der Waals surface area contributed by atoms with Crippen LogP contribution in [0.2, 0.25) is 0 Å². The van der Waals surface area contributed by atoms with Crippen molar-refractivity contribution in [2.75, 3.05) is 26.2 Å². The van der Waals surface area contributed by atoms with Crippen LogP contribution in [0.3, 0.4) is 0 Å². The van der Waals surface area contributed by atoms with Crippen molar-refractivity contribution in [2.45, 2.75) is 56.6 Å². The predicted molar refractivity (Wildman–Crippen MR) is 165 cm³/mol. The Balaban J connectivity index is 1.25. The number of rotatable bonds is 9.